The van der Waals surface area contributed by atoms with E-state index in [1.807, 2.05) is 19.9 Å². The van der Waals surface area contributed by atoms with Crippen LogP contribution < -0.4 is 0 Å². The third-order valence-electron chi connectivity index (χ3n) is 3.80. The molecule has 1 N–H and O–H groups in total. The zero-order valence-electron chi connectivity index (χ0n) is 10.7. The van der Waals surface area contributed by atoms with Gasteiger partial charge in [-0.15, -0.1) is 0 Å². The van der Waals surface area contributed by atoms with Crippen molar-refractivity contribution in [2.24, 2.45) is 11.3 Å². The van der Waals surface area contributed by atoms with Gasteiger partial charge in [-0.1, -0.05) is 37.1 Å². The minimum atomic E-state index is -0.318. The van der Waals surface area contributed by atoms with E-state index in [1.54, 1.807) is 0 Å². The summed E-state index contributed by atoms with van der Waals surface area (Å²) in [6, 6.07) is 0. The van der Waals surface area contributed by atoms with Crippen LogP contribution >= 0.6 is 0 Å². The van der Waals surface area contributed by atoms with Crippen LogP contribution in [0.15, 0.2) is 23.3 Å². The lowest BCUT2D eigenvalue weighted by molar-refractivity contribution is 0.0339. The molecule has 0 saturated heterocycles. The van der Waals surface area contributed by atoms with E-state index >= 15 is 0 Å². The van der Waals surface area contributed by atoms with Gasteiger partial charge in [0.05, 0.1) is 6.10 Å². The maximum atomic E-state index is 10.3. The zero-order chi connectivity index (χ0) is 11.6. The zero-order valence-corrected chi connectivity index (χ0v) is 10.7. The monoisotopic (exact) mass is 208 g/mol. The van der Waals surface area contributed by atoms with Gasteiger partial charge in [0.25, 0.3) is 0 Å². The first-order chi connectivity index (χ1) is 6.86. The van der Waals surface area contributed by atoms with Gasteiger partial charge in [-0.2, -0.15) is 0 Å². The van der Waals surface area contributed by atoms with E-state index in [-0.39, 0.29) is 11.5 Å². The van der Waals surface area contributed by atoms with Gasteiger partial charge in [-0.25, -0.2) is 0 Å². The maximum Gasteiger partial charge on any atom is 0.0782 e. The van der Waals surface area contributed by atoms with Crippen LogP contribution in [0.25, 0.3) is 0 Å². The van der Waals surface area contributed by atoms with Crippen LogP contribution in [0.5, 0.6) is 0 Å². The molecule has 0 fully saturated rings. The Hall–Kier alpha value is -0.560. The molecule has 0 saturated carbocycles. The van der Waals surface area contributed by atoms with Gasteiger partial charge in [0.1, 0.15) is 0 Å². The molecule has 15 heavy (non-hydrogen) atoms. The fourth-order valence-electron chi connectivity index (χ4n) is 2.32. The standard InChI is InChI=1S/C14H24O/c1-10(2)8-13(15)14(5)7-6-11(3)9-12(14)4/h8-9,12-13,15H,6-7H2,1-5H3. The first-order valence-electron chi connectivity index (χ1n) is 5.86. The third-order valence-corrected chi connectivity index (χ3v) is 3.80. The van der Waals surface area contributed by atoms with Crippen molar-refractivity contribution in [3.8, 4) is 0 Å². The molecule has 1 aliphatic rings. The SMILES string of the molecule is CC(C)=CC(O)C1(C)CCC(C)=CC1C. The number of rotatable bonds is 2. The lowest BCUT2D eigenvalue weighted by Gasteiger charge is -2.41. The van der Waals surface area contributed by atoms with Crippen molar-refractivity contribution < 1.29 is 5.11 Å². The van der Waals surface area contributed by atoms with Crippen LogP contribution in [-0.4, -0.2) is 11.2 Å². The molecule has 0 aromatic rings. The average Bonchev–Trinajstić information content (AvgIpc) is 2.11. The van der Waals surface area contributed by atoms with E-state index in [0.717, 1.165) is 12.8 Å². The summed E-state index contributed by atoms with van der Waals surface area (Å²) in [5, 5.41) is 10.3. The summed E-state index contributed by atoms with van der Waals surface area (Å²) in [6.45, 7) is 10.7. The second kappa shape index (κ2) is 4.52. The van der Waals surface area contributed by atoms with Crippen LogP contribution in [0.4, 0.5) is 0 Å². The van der Waals surface area contributed by atoms with Crippen LogP contribution in [0.3, 0.4) is 0 Å². The Balaban J connectivity index is 2.88. The highest BCUT2D eigenvalue weighted by atomic mass is 16.3. The number of aliphatic hydroxyl groups is 1. The Morgan fingerprint density at radius 2 is 2.20 bits per heavy atom. The van der Waals surface area contributed by atoms with Crippen molar-refractivity contribution in [3.63, 3.8) is 0 Å². The summed E-state index contributed by atoms with van der Waals surface area (Å²) < 4.78 is 0. The van der Waals surface area contributed by atoms with E-state index in [1.165, 1.54) is 11.1 Å². The molecule has 1 rings (SSSR count). The molecule has 0 bridgehead atoms. The second-order valence-corrected chi connectivity index (χ2v) is 5.50. The van der Waals surface area contributed by atoms with Crippen molar-refractivity contribution in [3.05, 3.63) is 23.3 Å². The van der Waals surface area contributed by atoms with Crippen molar-refractivity contribution in [2.75, 3.05) is 0 Å². The highest BCUT2D eigenvalue weighted by Crippen LogP contribution is 2.42. The molecule has 3 atom stereocenters. The normalized spacial score (nSPS) is 33.2. The summed E-state index contributed by atoms with van der Waals surface area (Å²) in [5.41, 5.74) is 2.67. The molecule has 0 aromatic heterocycles. The van der Waals surface area contributed by atoms with Crippen molar-refractivity contribution in [2.45, 2.75) is 53.6 Å². The Morgan fingerprint density at radius 3 is 2.67 bits per heavy atom. The van der Waals surface area contributed by atoms with Gasteiger partial charge in [-0.05, 0) is 39.5 Å². The molecule has 3 unspecified atom stereocenters. The van der Waals surface area contributed by atoms with Crippen molar-refractivity contribution in [1.82, 2.24) is 0 Å². The van der Waals surface area contributed by atoms with Crippen LogP contribution in [-0.2, 0) is 0 Å². The first kappa shape index (κ1) is 12.5. The molecule has 1 nitrogen and oxygen atoms in total. The molecule has 0 aromatic carbocycles. The smallest absolute Gasteiger partial charge is 0.0782 e. The topological polar surface area (TPSA) is 20.2 Å². The average molecular weight is 208 g/mol. The highest BCUT2D eigenvalue weighted by Gasteiger charge is 2.37. The minimum Gasteiger partial charge on any atom is -0.388 e. The molecule has 1 aliphatic carbocycles. The van der Waals surface area contributed by atoms with Gasteiger partial charge in [-0.3, -0.25) is 0 Å². The molecule has 0 radical (unpaired) electrons. The molecular formula is C14H24O. The lowest BCUT2D eigenvalue weighted by Crippen LogP contribution is -2.38. The molecular weight excluding hydrogens is 184 g/mol. The largest absolute Gasteiger partial charge is 0.388 e. The van der Waals surface area contributed by atoms with Crippen LogP contribution in [0.2, 0.25) is 0 Å². The minimum absolute atomic E-state index is 0.0107. The van der Waals surface area contributed by atoms with Gasteiger partial charge in [0.15, 0.2) is 0 Å². The fourth-order valence-corrected chi connectivity index (χ4v) is 2.32. The Morgan fingerprint density at radius 1 is 1.60 bits per heavy atom. The number of hydrogen-bond donors (Lipinski definition) is 1. The van der Waals surface area contributed by atoms with Crippen LogP contribution in [0, 0.1) is 11.3 Å². The van der Waals surface area contributed by atoms with Gasteiger partial charge < -0.3 is 5.11 Å². The molecule has 0 heterocycles. The Labute approximate surface area is 93.9 Å². The van der Waals surface area contributed by atoms with Crippen LogP contribution in [0.1, 0.15) is 47.5 Å². The molecule has 0 spiro atoms. The van der Waals surface area contributed by atoms with Gasteiger partial charge >= 0.3 is 0 Å². The molecule has 1 heteroatoms. The van der Waals surface area contributed by atoms with Gasteiger partial charge in [0, 0.05) is 5.41 Å². The van der Waals surface area contributed by atoms with Crippen molar-refractivity contribution in [1.29, 1.82) is 0 Å². The summed E-state index contributed by atoms with van der Waals surface area (Å²) in [6.07, 6.45) is 6.19. The summed E-state index contributed by atoms with van der Waals surface area (Å²) in [5.74, 6) is 0.455. The third kappa shape index (κ3) is 2.72. The lowest BCUT2D eigenvalue weighted by atomic mass is 9.66. The Bertz CT molecular complexity index is 284. The molecule has 86 valence electrons. The summed E-state index contributed by atoms with van der Waals surface area (Å²) >= 11 is 0. The number of allylic oxidation sites excluding steroid dienone is 3. The Kier molecular flexibility index (Phi) is 3.77. The number of hydrogen-bond acceptors (Lipinski definition) is 1. The second-order valence-electron chi connectivity index (χ2n) is 5.50. The predicted molar refractivity (Wildman–Crippen MR) is 65.7 cm³/mol. The predicted octanol–water partition coefficient (Wildman–Crippen LogP) is 3.70. The fraction of sp³-hybridized carbons (Fsp3) is 0.714. The van der Waals surface area contributed by atoms with E-state index in [9.17, 15) is 5.11 Å². The quantitative estimate of drug-likeness (QED) is 0.686. The van der Waals surface area contributed by atoms with E-state index in [2.05, 4.69) is 26.8 Å². The summed E-state index contributed by atoms with van der Waals surface area (Å²) in [4.78, 5) is 0. The number of aliphatic hydroxyl groups excluding tert-OH is 1. The van der Waals surface area contributed by atoms with E-state index in [4.69, 9.17) is 0 Å². The van der Waals surface area contributed by atoms with E-state index in [0.29, 0.717) is 5.92 Å². The van der Waals surface area contributed by atoms with E-state index < -0.39 is 0 Å². The first-order valence-corrected chi connectivity index (χ1v) is 5.86. The summed E-state index contributed by atoms with van der Waals surface area (Å²) in [7, 11) is 0. The van der Waals surface area contributed by atoms with Crippen molar-refractivity contribution >= 4 is 0 Å². The maximum absolute atomic E-state index is 10.3. The molecule has 0 amide bonds. The van der Waals surface area contributed by atoms with Gasteiger partial charge in [0.2, 0.25) is 0 Å². The highest BCUT2D eigenvalue weighted by molar-refractivity contribution is 5.15. The molecule has 0 aliphatic heterocycles.